The summed E-state index contributed by atoms with van der Waals surface area (Å²) in [6.45, 7) is 2.97. The molecule has 0 bridgehead atoms. The molecule has 1 atom stereocenters. The van der Waals surface area contributed by atoms with Gasteiger partial charge in [-0.15, -0.1) is 0 Å². The minimum absolute atomic E-state index is 0.182. The van der Waals surface area contributed by atoms with Gasteiger partial charge < -0.3 is 9.47 Å². The zero-order valence-electron chi connectivity index (χ0n) is 14.7. The molecule has 0 aliphatic heterocycles. The number of carbonyl (C=O) groups excluding carboxylic acids is 2. The number of benzene rings is 1. The largest absolute Gasteiger partial charge is 0.465 e. The van der Waals surface area contributed by atoms with Crippen molar-refractivity contribution >= 4 is 12.4 Å². The highest BCUT2D eigenvalue weighted by atomic mass is 16.5. The number of rotatable bonds is 14. The number of unbranched alkanes of at least 4 members (excludes halogenated alkanes) is 5. The van der Waals surface area contributed by atoms with Crippen LogP contribution in [0.3, 0.4) is 0 Å². The van der Waals surface area contributed by atoms with Crippen molar-refractivity contribution in [3.63, 3.8) is 0 Å². The highest BCUT2D eigenvalue weighted by Gasteiger charge is 2.13. The first-order valence-electron chi connectivity index (χ1n) is 9.05. The summed E-state index contributed by atoms with van der Waals surface area (Å²) in [7, 11) is 0. The van der Waals surface area contributed by atoms with Crippen LogP contribution in [0.1, 0.15) is 70.3 Å². The molecule has 0 aliphatic carbocycles. The van der Waals surface area contributed by atoms with Crippen molar-refractivity contribution < 1.29 is 19.1 Å². The van der Waals surface area contributed by atoms with E-state index >= 15 is 0 Å². The summed E-state index contributed by atoms with van der Waals surface area (Å²) in [5.41, 5.74) is 0.971. The topological polar surface area (TPSA) is 52.6 Å². The lowest BCUT2D eigenvalue weighted by atomic mass is 10.0. The van der Waals surface area contributed by atoms with Gasteiger partial charge in [-0.2, -0.15) is 0 Å². The van der Waals surface area contributed by atoms with Crippen LogP contribution in [0.4, 0.5) is 0 Å². The number of ether oxygens (including phenoxy) is 2. The zero-order chi connectivity index (χ0) is 17.5. The summed E-state index contributed by atoms with van der Waals surface area (Å²) >= 11 is 0. The SMILES string of the molecule is CCCCCCCCC(CCC(=O)OCc1ccccc1)OC=O. The molecule has 1 unspecified atom stereocenters. The predicted molar refractivity (Wildman–Crippen MR) is 94.4 cm³/mol. The van der Waals surface area contributed by atoms with E-state index in [-0.39, 0.29) is 25.1 Å². The van der Waals surface area contributed by atoms with Gasteiger partial charge in [0.25, 0.3) is 6.47 Å². The van der Waals surface area contributed by atoms with E-state index in [4.69, 9.17) is 9.47 Å². The van der Waals surface area contributed by atoms with Crippen molar-refractivity contribution in [3.8, 4) is 0 Å². The first kappa shape index (κ1) is 20.2. The number of hydrogen-bond acceptors (Lipinski definition) is 4. The normalized spacial score (nSPS) is 11.7. The second-order valence-electron chi connectivity index (χ2n) is 6.10. The van der Waals surface area contributed by atoms with Crippen LogP contribution in [0.15, 0.2) is 30.3 Å². The third kappa shape index (κ3) is 10.0. The fourth-order valence-electron chi connectivity index (χ4n) is 2.60. The van der Waals surface area contributed by atoms with Crippen LogP contribution in [0.25, 0.3) is 0 Å². The maximum atomic E-state index is 11.8. The van der Waals surface area contributed by atoms with Crippen molar-refractivity contribution in [2.24, 2.45) is 0 Å². The van der Waals surface area contributed by atoms with E-state index in [9.17, 15) is 9.59 Å². The summed E-state index contributed by atoms with van der Waals surface area (Å²) in [4.78, 5) is 22.4. The first-order chi connectivity index (χ1) is 11.8. The Morgan fingerprint density at radius 2 is 1.75 bits per heavy atom. The average molecular weight is 334 g/mol. The van der Waals surface area contributed by atoms with E-state index in [0.29, 0.717) is 12.9 Å². The smallest absolute Gasteiger partial charge is 0.306 e. The molecule has 1 aromatic rings. The molecular weight excluding hydrogens is 304 g/mol. The monoisotopic (exact) mass is 334 g/mol. The molecule has 0 radical (unpaired) electrons. The quantitative estimate of drug-likeness (QED) is 0.278. The zero-order valence-corrected chi connectivity index (χ0v) is 14.7. The Bertz CT molecular complexity index is 444. The lowest BCUT2D eigenvalue weighted by Gasteiger charge is -2.14. The molecule has 134 valence electrons. The van der Waals surface area contributed by atoms with Gasteiger partial charge in [0.2, 0.25) is 0 Å². The molecule has 0 amide bonds. The standard InChI is InChI=1S/C20H30O4/c1-2-3-4-5-6-10-13-19(24-17-21)14-15-20(22)23-16-18-11-8-7-9-12-18/h7-9,11-12,17,19H,2-6,10,13-16H2,1H3. The van der Waals surface area contributed by atoms with E-state index in [2.05, 4.69) is 6.92 Å². The second kappa shape index (κ2) is 13.6. The third-order valence-electron chi connectivity index (χ3n) is 4.04. The van der Waals surface area contributed by atoms with Gasteiger partial charge in [0.15, 0.2) is 0 Å². The molecule has 0 fully saturated rings. The lowest BCUT2D eigenvalue weighted by Crippen LogP contribution is -2.15. The molecule has 4 nitrogen and oxygen atoms in total. The number of hydrogen-bond donors (Lipinski definition) is 0. The van der Waals surface area contributed by atoms with Gasteiger partial charge in [-0.3, -0.25) is 9.59 Å². The highest BCUT2D eigenvalue weighted by molar-refractivity contribution is 5.69. The summed E-state index contributed by atoms with van der Waals surface area (Å²) in [6, 6.07) is 9.60. The molecule has 0 aliphatic rings. The molecule has 0 heterocycles. The Morgan fingerprint density at radius 3 is 2.46 bits per heavy atom. The molecule has 0 N–H and O–H groups in total. The van der Waals surface area contributed by atoms with Gasteiger partial charge in [-0.1, -0.05) is 69.4 Å². The highest BCUT2D eigenvalue weighted by Crippen LogP contribution is 2.14. The molecule has 0 saturated heterocycles. The second-order valence-corrected chi connectivity index (χ2v) is 6.10. The summed E-state index contributed by atoms with van der Waals surface area (Å²) in [5, 5.41) is 0. The van der Waals surface area contributed by atoms with Crippen LogP contribution in [-0.2, 0) is 25.7 Å². The van der Waals surface area contributed by atoms with E-state index in [0.717, 1.165) is 24.8 Å². The Morgan fingerprint density at radius 1 is 1.04 bits per heavy atom. The van der Waals surface area contributed by atoms with E-state index in [1.54, 1.807) is 0 Å². The van der Waals surface area contributed by atoms with E-state index in [1.165, 1.54) is 25.7 Å². The van der Waals surface area contributed by atoms with Gasteiger partial charge in [0, 0.05) is 6.42 Å². The molecular formula is C20H30O4. The molecule has 4 heteroatoms. The summed E-state index contributed by atoms with van der Waals surface area (Å²) in [6.07, 6.45) is 8.63. The fraction of sp³-hybridized carbons (Fsp3) is 0.600. The minimum Gasteiger partial charge on any atom is -0.465 e. The van der Waals surface area contributed by atoms with Gasteiger partial charge >= 0.3 is 5.97 Å². The van der Waals surface area contributed by atoms with Gasteiger partial charge in [0.05, 0.1) is 0 Å². The molecule has 0 spiro atoms. The minimum atomic E-state index is -0.249. The first-order valence-corrected chi connectivity index (χ1v) is 9.05. The molecule has 1 aromatic carbocycles. The molecule has 1 rings (SSSR count). The summed E-state index contributed by atoms with van der Waals surface area (Å²) in [5.74, 6) is -0.249. The van der Waals surface area contributed by atoms with Crippen LogP contribution in [0.5, 0.6) is 0 Å². The Balaban J connectivity index is 2.17. The van der Waals surface area contributed by atoms with Gasteiger partial charge in [0.1, 0.15) is 12.7 Å². The van der Waals surface area contributed by atoms with Crippen LogP contribution < -0.4 is 0 Å². The van der Waals surface area contributed by atoms with Gasteiger partial charge in [-0.05, 0) is 24.8 Å². The lowest BCUT2D eigenvalue weighted by molar-refractivity contribution is -0.147. The van der Waals surface area contributed by atoms with Crippen molar-refractivity contribution in [2.75, 3.05) is 0 Å². The molecule has 0 saturated carbocycles. The summed E-state index contributed by atoms with van der Waals surface area (Å²) < 4.78 is 10.3. The predicted octanol–water partition coefficient (Wildman–Crippen LogP) is 4.80. The van der Waals surface area contributed by atoms with E-state index in [1.807, 2.05) is 30.3 Å². The van der Waals surface area contributed by atoms with Crippen LogP contribution >= 0.6 is 0 Å². The van der Waals surface area contributed by atoms with Crippen LogP contribution in [0.2, 0.25) is 0 Å². The number of esters is 1. The average Bonchev–Trinajstić information content (AvgIpc) is 2.61. The van der Waals surface area contributed by atoms with Crippen molar-refractivity contribution in [2.45, 2.75) is 77.4 Å². The van der Waals surface area contributed by atoms with Crippen LogP contribution in [0, 0.1) is 0 Å². The Kier molecular flexibility index (Phi) is 11.4. The van der Waals surface area contributed by atoms with Crippen molar-refractivity contribution in [1.29, 1.82) is 0 Å². The van der Waals surface area contributed by atoms with Gasteiger partial charge in [-0.25, -0.2) is 0 Å². The molecule has 24 heavy (non-hydrogen) atoms. The number of carbonyl (C=O) groups is 2. The van der Waals surface area contributed by atoms with Crippen molar-refractivity contribution in [1.82, 2.24) is 0 Å². The maximum absolute atomic E-state index is 11.8. The Labute approximate surface area is 145 Å². The Hall–Kier alpha value is -1.84. The maximum Gasteiger partial charge on any atom is 0.306 e. The fourth-order valence-corrected chi connectivity index (χ4v) is 2.60. The van der Waals surface area contributed by atoms with Crippen molar-refractivity contribution in [3.05, 3.63) is 35.9 Å². The third-order valence-corrected chi connectivity index (χ3v) is 4.04. The van der Waals surface area contributed by atoms with Crippen LogP contribution in [-0.4, -0.2) is 18.5 Å². The van der Waals surface area contributed by atoms with E-state index < -0.39 is 0 Å². The molecule has 0 aromatic heterocycles.